The molecule has 17 heteroatoms. The largest absolute Gasteiger partial charge is 0.495 e. The fraction of sp³-hybridized carbons (Fsp3) is 0.531. The van der Waals surface area contributed by atoms with Crippen molar-refractivity contribution >= 4 is 52.7 Å². The number of fused-ring (bicyclic) bond motifs is 2. The van der Waals surface area contributed by atoms with Gasteiger partial charge in [0.1, 0.15) is 23.5 Å². The Morgan fingerprint density at radius 3 is 2.59 bits per heavy atom. The van der Waals surface area contributed by atoms with E-state index in [4.69, 9.17) is 14.5 Å². The molecule has 66 heavy (non-hydrogen) atoms. The highest BCUT2D eigenvalue weighted by atomic mass is 16.5. The van der Waals surface area contributed by atoms with Gasteiger partial charge in [0.05, 0.1) is 25.6 Å². The molecule has 2 aromatic carbocycles. The molecule has 0 radical (unpaired) electrons. The molecule has 5 amide bonds. The number of likely N-dealkylation sites (N-methyl/N-ethyl adjacent to an activating group) is 1. The van der Waals surface area contributed by atoms with Gasteiger partial charge in [-0.3, -0.25) is 29.3 Å². The summed E-state index contributed by atoms with van der Waals surface area (Å²) in [5.74, 6) is 7.09. The van der Waals surface area contributed by atoms with Crippen LogP contribution in [-0.4, -0.2) is 134 Å². The average Bonchev–Trinajstić information content (AvgIpc) is 3.98. The Morgan fingerprint density at radius 1 is 1.00 bits per heavy atom. The van der Waals surface area contributed by atoms with E-state index in [0.717, 1.165) is 88.1 Å². The van der Waals surface area contributed by atoms with Crippen molar-refractivity contribution in [2.24, 2.45) is 0 Å². The summed E-state index contributed by atoms with van der Waals surface area (Å²) in [6.07, 6.45) is 10.6. The molecule has 17 nitrogen and oxygen atoms in total. The molecule has 0 bridgehead atoms. The maximum atomic E-state index is 13.4. The Bertz CT molecular complexity index is 2350. The Balaban J connectivity index is 0.712. The van der Waals surface area contributed by atoms with E-state index in [9.17, 15) is 24.0 Å². The first-order valence-corrected chi connectivity index (χ1v) is 23.6. The monoisotopic (exact) mass is 902 g/mol. The number of carbonyl (C=O) groups is 5. The molecule has 350 valence electrons. The third-order valence-electron chi connectivity index (χ3n) is 13.5. The number of hydrogen-bond donors (Lipinski definition) is 4. The highest BCUT2D eigenvalue weighted by Crippen LogP contribution is 2.40. The van der Waals surface area contributed by atoms with E-state index < -0.39 is 11.9 Å². The molecule has 8 rings (SSSR count). The molecule has 4 aliphatic heterocycles. The van der Waals surface area contributed by atoms with Crippen LogP contribution in [0.15, 0.2) is 42.6 Å². The van der Waals surface area contributed by atoms with Crippen LogP contribution in [0.3, 0.4) is 0 Å². The summed E-state index contributed by atoms with van der Waals surface area (Å²) in [4.78, 5) is 81.1. The fourth-order valence-electron chi connectivity index (χ4n) is 9.84. The number of likely N-dealkylation sites (tertiary alicyclic amines) is 1. The second-order valence-corrected chi connectivity index (χ2v) is 17.7. The predicted molar refractivity (Wildman–Crippen MR) is 250 cm³/mol. The minimum Gasteiger partial charge on any atom is -0.495 e. The van der Waals surface area contributed by atoms with Crippen LogP contribution in [0, 0.1) is 11.8 Å². The van der Waals surface area contributed by atoms with Crippen molar-refractivity contribution < 1.29 is 33.4 Å². The van der Waals surface area contributed by atoms with E-state index in [2.05, 4.69) is 47.9 Å². The number of piperidine rings is 2. The smallest absolute Gasteiger partial charge is 0.255 e. The van der Waals surface area contributed by atoms with Gasteiger partial charge in [0.15, 0.2) is 5.82 Å². The molecular weight excluding hydrogens is 841 g/mol. The van der Waals surface area contributed by atoms with Gasteiger partial charge in [-0.15, -0.1) is 0 Å². The zero-order chi connectivity index (χ0) is 46.2. The Kier molecular flexibility index (Phi) is 15.1. The maximum absolute atomic E-state index is 13.4. The summed E-state index contributed by atoms with van der Waals surface area (Å²) in [7, 11) is 3.37. The van der Waals surface area contributed by atoms with Crippen LogP contribution in [0.4, 0.5) is 23.1 Å². The Labute approximate surface area is 386 Å². The number of ether oxygens (including phenoxy) is 2. The number of hydrogen-bond acceptors (Lipinski definition) is 13. The van der Waals surface area contributed by atoms with E-state index >= 15 is 0 Å². The molecule has 3 fully saturated rings. The number of imide groups is 1. The topological polar surface area (TPSA) is 191 Å². The molecule has 3 aromatic rings. The van der Waals surface area contributed by atoms with E-state index in [1.54, 1.807) is 48.4 Å². The van der Waals surface area contributed by atoms with Crippen molar-refractivity contribution in [2.45, 2.75) is 108 Å². The molecule has 2 saturated heterocycles. The summed E-state index contributed by atoms with van der Waals surface area (Å²) in [5.41, 5.74) is 4.04. The van der Waals surface area contributed by atoms with Gasteiger partial charge in [-0.05, 0) is 80.8 Å². The fourth-order valence-corrected chi connectivity index (χ4v) is 9.84. The van der Waals surface area contributed by atoms with Crippen molar-refractivity contribution in [2.75, 3.05) is 75.2 Å². The van der Waals surface area contributed by atoms with Crippen LogP contribution in [-0.2, 0) is 25.7 Å². The molecular formula is C49H62N10O7. The van der Waals surface area contributed by atoms with Gasteiger partial charge in [0.25, 0.3) is 11.8 Å². The highest BCUT2D eigenvalue weighted by Gasteiger charge is 2.42. The number of amides is 5. The molecule has 1 saturated carbocycles. The quantitative estimate of drug-likeness (QED) is 0.0861. The molecule has 2 atom stereocenters. The van der Waals surface area contributed by atoms with Crippen molar-refractivity contribution in [3.05, 3.63) is 64.8 Å². The van der Waals surface area contributed by atoms with Crippen molar-refractivity contribution in [1.82, 2.24) is 35.7 Å². The minimum absolute atomic E-state index is 0.0712. The zero-order valence-electron chi connectivity index (χ0n) is 38.3. The van der Waals surface area contributed by atoms with E-state index in [0.29, 0.717) is 79.8 Å². The number of carbonyl (C=O) groups excluding carboxylic acids is 5. The minimum atomic E-state index is -0.646. The summed E-state index contributed by atoms with van der Waals surface area (Å²) < 4.78 is 11.6. The normalized spacial score (nSPS) is 20.2. The van der Waals surface area contributed by atoms with Gasteiger partial charge in [0.2, 0.25) is 23.7 Å². The summed E-state index contributed by atoms with van der Waals surface area (Å²) in [6, 6.07) is 10.3. The number of nitrogens with one attached hydrogen (secondary N) is 4. The molecule has 1 unspecified atom stereocenters. The number of methoxy groups -OCH3 is 1. The van der Waals surface area contributed by atoms with Gasteiger partial charge < -0.3 is 45.0 Å². The number of anilines is 4. The van der Waals surface area contributed by atoms with Crippen LogP contribution in [0.25, 0.3) is 0 Å². The lowest BCUT2D eigenvalue weighted by Gasteiger charge is -2.43. The molecule has 5 heterocycles. The van der Waals surface area contributed by atoms with Gasteiger partial charge in [0, 0.05) is 94.5 Å². The predicted octanol–water partition coefficient (Wildman–Crippen LogP) is 4.13. The second kappa shape index (κ2) is 21.5. The van der Waals surface area contributed by atoms with Crippen LogP contribution in [0.2, 0.25) is 0 Å². The maximum Gasteiger partial charge on any atom is 0.255 e. The number of benzene rings is 2. The Hall–Kier alpha value is -6.09. The van der Waals surface area contributed by atoms with Crippen LogP contribution < -0.4 is 35.8 Å². The zero-order valence-corrected chi connectivity index (χ0v) is 38.3. The van der Waals surface area contributed by atoms with Crippen LogP contribution in [0.5, 0.6) is 5.75 Å². The highest BCUT2D eigenvalue weighted by molar-refractivity contribution is 6.06. The van der Waals surface area contributed by atoms with Gasteiger partial charge in [-0.25, -0.2) is 4.98 Å². The SMILES string of the molecule is CC[C@@H]1C(=O)N(C)c2cnc(Nc3ccc(C(=O)NC4CCN(CCCOCCNCCC#Cc5cccc6c5CN(C5CCC(=O)NC5=O)C6=O)CC4)cc3OC)nc2N1C1CCCC1. The third kappa shape index (κ3) is 10.5. The molecule has 4 N–H and O–H groups in total. The van der Waals surface area contributed by atoms with Crippen molar-refractivity contribution in [3.8, 4) is 17.6 Å². The lowest BCUT2D eigenvalue weighted by molar-refractivity contribution is -0.137. The molecule has 1 aromatic heterocycles. The standard InChI is InChI=1S/C49H62N10O7/c1-4-39-48(64)56(2)41-30-51-49(55-44(41)59(39)35-13-5-6-14-35)53-38-17-16-33(29-42(38)65-3)45(61)52-34-20-25-57(26-21-34)24-10-27-66-28-23-50-22-8-7-11-32-12-9-15-36-37(32)31-58(47(36)63)40-18-19-43(60)54-46(40)62/h9,12,15-17,29-30,34-35,39-40,50H,4-6,8,10,13-14,18-28,31H2,1-3H3,(H,52,61)(H,51,53,55)(H,54,60,62)/t39-,40?/m1/s1. The first-order valence-electron chi connectivity index (χ1n) is 23.6. The van der Waals surface area contributed by atoms with Gasteiger partial charge in [-0.1, -0.05) is 37.7 Å². The van der Waals surface area contributed by atoms with Crippen LogP contribution >= 0.6 is 0 Å². The lowest BCUT2D eigenvalue weighted by atomic mass is 10.0. The first kappa shape index (κ1) is 46.4. The summed E-state index contributed by atoms with van der Waals surface area (Å²) in [6.45, 7) is 7.82. The van der Waals surface area contributed by atoms with E-state index in [1.165, 1.54) is 0 Å². The summed E-state index contributed by atoms with van der Waals surface area (Å²) in [5, 5.41) is 12.2. The van der Waals surface area contributed by atoms with Gasteiger partial charge in [-0.2, -0.15) is 4.98 Å². The van der Waals surface area contributed by atoms with Crippen molar-refractivity contribution in [3.63, 3.8) is 0 Å². The lowest BCUT2D eigenvalue weighted by Crippen LogP contribution is -2.55. The Morgan fingerprint density at radius 2 is 1.82 bits per heavy atom. The van der Waals surface area contributed by atoms with Crippen molar-refractivity contribution in [1.29, 1.82) is 0 Å². The summed E-state index contributed by atoms with van der Waals surface area (Å²) >= 11 is 0. The molecule has 1 aliphatic carbocycles. The molecule has 0 spiro atoms. The number of aromatic nitrogens is 2. The number of rotatable bonds is 17. The average molecular weight is 903 g/mol. The van der Waals surface area contributed by atoms with E-state index in [-0.39, 0.29) is 48.2 Å². The third-order valence-corrected chi connectivity index (χ3v) is 13.5. The van der Waals surface area contributed by atoms with Crippen LogP contribution in [0.1, 0.15) is 109 Å². The van der Waals surface area contributed by atoms with Gasteiger partial charge >= 0.3 is 0 Å². The molecule has 5 aliphatic rings. The first-order chi connectivity index (χ1) is 32.1. The second-order valence-electron chi connectivity index (χ2n) is 17.7. The number of nitrogens with zero attached hydrogens (tertiary/aromatic N) is 6. The van der Waals surface area contributed by atoms with E-state index in [1.807, 2.05) is 25.1 Å².